The predicted octanol–water partition coefficient (Wildman–Crippen LogP) is 2.97. The Bertz CT molecular complexity index is 661. The zero-order valence-corrected chi connectivity index (χ0v) is 14.4. The van der Waals surface area contributed by atoms with Crippen LogP contribution in [0.2, 0.25) is 5.02 Å². The molecule has 22 heavy (non-hydrogen) atoms. The molecule has 0 spiro atoms. The molecule has 1 saturated heterocycles. The van der Waals surface area contributed by atoms with E-state index in [9.17, 15) is 13.2 Å². The van der Waals surface area contributed by atoms with E-state index >= 15 is 0 Å². The molecule has 1 heterocycles. The number of anilines is 1. The van der Waals surface area contributed by atoms with Gasteiger partial charge < -0.3 is 4.90 Å². The number of carbonyl (C=O) groups is 1. The van der Waals surface area contributed by atoms with Crippen molar-refractivity contribution in [1.29, 1.82) is 0 Å². The minimum absolute atomic E-state index is 0.178. The van der Waals surface area contributed by atoms with Crippen molar-refractivity contribution in [3.05, 3.63) is 28.8 Å². The van der Waals surface area contributed by atoms with Gasteiger partial charge in [0.05, 0.1) is 17.5 Å². The number of halogens is 1. The summed E-state index contributed by atoms with van der Waals surface area (Å²) in [5.74, 6) is 0.425. The molecule has 1 aromatic rings. The van der Waals surface area contributed by atoms with E-state index in [2.05, 4.69) is 11.6 Å². The van der Waals surface area contributed by atoms with E-state index in [1.165, 1.54) is 12.1 Å². The van der Waals surface area contributed by atoms with Gasteiger partial charge in [-0.1, -0.05) is 18.5 Å². The maximum atomic E-state index is 12.8. The van der Waals surface area contributed by atoms with E-state index in [1.807, 2.05) is 0 Å². The van der Waals surface area contributed by atoms with Gasteiger partial charge in [0.25, 0.3) is 5.91 Å². The molecule has 7 heteroatoms. The Morgan fingerprint density at radius 3 is 2.73 bits per heavy atom. The molecule has 1 N–H and O–H groups in total. The molecule has 0 aromatic heterocycles. The van der Waals surface area contributed by atoms with Crippen molar-refractivity contribution >= 4 is 33.2 Å². The summed E-state index contributed by atoms with van der Waals surface area (Å²) in [7, 11) is -3.46. The third-order valence-corrected chi connectivity index (χ3v) is 4.64. The van der Waals surface area contributed by atoms with Crippen LogP contribution in [-0.4, -0.2) is 38.6 Å². The van der Waals surface area contributed by atoms with Crippen LogP contribution in [0.4, 0.5) is 5.69 Å². The van der Waals surface area contributed by atoms with E-state index in [1.54, 1.807) is 11.0 Å². The zero-order valence-electron chi connectivity index (χ0n) is 12.8. The minimum Gasteiger partial charge on any atom is -0.339 e. The van der Waals surface area contributed by atoms with Crippen molar-refractivity contribution in [2.24, 2.45) is 5.92 Å². The van der Waals surface area contributed by atoms with Gasteiger partial charge in [0.1, 0.15) is 0 Å². The van der Waals surface area contributed by atoms with Crippen molar-refractivity contribution in [1.82, 2.24) is 4.90 Å². The van der Waals surface area contributed by atoms with Gasteiger partial charge in [-0.2, -0.15) is 0 Å². The van der Waals surface area contributed by atoms with Crippen LogP contribution in [-0.2, 0) is 10.0 Å². The third-order valence-electron chi connectivity index (χ3n) is 3.81. The van der Waals surface area contributed by atoms with Crippen molar-refractivity contribution in [3.8, 4) is 0 Å². The second-order valence-corrected chi connectivity index (χ2v) is 8.08. The highest BCUT2D eigenvalue weighted by Gasteiger charge is 2.23. The maximum absolute atomic E-state index is 12.8. The standard InChI is InChI=1S/C15H21ClN2O3S/c1-11-4-3-8-18(9-7-11)15(19)13-10-12(16)5-6-14(13)17-22(2,20)21/h5-6,10-11,17H,3-4,7-9H2,1-2H3. The van der Waals surface area contributed by atoms with E-state index in [0.29, 0.717) is 29.6 Å². The van der Waals surface area contributed by atoms with Crippen molar-refractivity contribution < 1.29 is 13.2 Å². The molecule has 1 amide bonds. The lowest BCUT2D eigenvalue weighted by molar-refractivity contribution is 0.0761. The van der Waals surface area contributed by atoms with Crippen LogP contribution in [0.5, 0.6) is 0 Å². The molecule has 1 aliphatic rings. The largest absolute Gasteiger partial charge is 0.339 e. The number of nitrogens with one attached hydrogen (secondary N) is 1. The fraction of sp³-hybridized carbons (Fsp3) is 0.533. The highest BCUT2D eigenvalue weighted by atomic mass is 35.5. The first kappa shape index (κ1) is 17.1. The SMILES string of the molecule is CC1CCCN(C(=O)c2cc(Cl)ccc2NS(C)(=O)=O)CC1. The van der Waals surface area contributed by atoms with E-state index in [4.69, 9.17) is 11.6 Å². The Kier molecular flexibility index (Phi) is 5.34. The lowest BCUT2D eigenvalue weighted by Crippen LogP contribution is -2.32. The lowest BCUT2D eigenvalue weighted by atomic mass is 10.0. The molecule has 1 aromatic carbocycles. The van der Waals surface area contributed by atoms with Gasteiger partial charge in [-0.3, -0.25) is 9.52 Å². The quantitative estimate of drug-likeness (QED) is 0.916. The normalized spacial score (nSPS) is 19.6. The van der Waals surface area contributed by atoms with Crippen molar-refractivity contribution in [2.75, 3.05) is 24.1 Å². The second-order valence-electron chi connectivity index (χ2n) is 5.89. The van der Waals surface area contributed by atoms with Gasteiger partial charge in [0.2, 0.25) is 10.0 Å². The van der Waals surface area contributed by atoms with Crippen LogP contribution in [0.25, 0.3) is 0 Å². The second kappa shape index (κ2) is 6.87. The third kappa shape index (κ3) is 4.61. The average Bonchev–Trinajstić information content (AvgIpc) is 2.63. The Labute approximate surface area is 136 Å². The summed E-state index contributed by atoms with van der Waals surface area (Å²) in [6, 6.07) is 4.61. The maximum Gasteiger partial charge on any atom is 0.256 e. The highest BCUT2D eigenvalue weighted by Crippen LogP contribution is 2.25. The molecule has 0 saturated carbocycles. The molecule has 2 rings (SSSR count). The molecule has 1 aliphatic heterocycles. The van der Waals surface area contributed by atoms with E-state index in [0.717, 1.165) is 25.5 Å². The monoisotopic (exact) mass is 344 g/mol. The van der Waals surface area contributed by atoms with Crippen LogP contribution in [0.15, 0.2) is 18.2 Å². The van der Waals surface area contributed by atoms with Crippen LogP contribution in [0.1, 0.15) is 36.5 Å². The van der Waals surface area contributed by atoms with Gasteiger partial charge in [0.15, 0.2) is 0 Å². The Hall–Kier alpha value is -1.27. The molecule has 0 bridgehead atoms. The summed E-state index contributed by atoms with van der Waals surface area (Å²) in [5, 5.41) is 0.408. The van der Waals surface area contributed by atoms with Crippen molar-refractivity contribution in [2.45, 2.75) is 26.2 Å². The fourth-order valence-corrected chi connectivity index (χ4v) is 3.37. The Balaban J connectivity index is 2.29. The summed E-state index contributed by atoms with van der Waals surface area (Å²) < 4.78 is 25.3. The lowest BCUT2D eigenvalue weighted by Gasteiger charge is -2.22. The summed E-state index contributed by atoms with van der Waals surface area (Å²) in [6.45, 7) is 3.56. The van der Waals surface area contributed by atoms with Gasteiger partial charge in [-0.05, 0) is 43.4 Å². The molecule has 1 unspecified atom stereocenters. The van der Waals surface area contributed by atoms with E-state index in [-0.39, 0.29) is 11.6 Å². The first-order valence-electron chi connectivity index (χ1n) is 7.33. The van der Waals surface area contributed by atoms with Gasteiger partial charge in [-0.25, -0.2) is 8.42 Å². The molecule has 122 valence electrons. The topological polar surface area (TPSA) is 66.5 Å². The summed E-state index contributed by atoms with van der Waals surface area (Å²) in [6.07, 6.45) is 4.08. The van der Waals surface area contributed by atoms with Crippen LogP contribution >= 0.6 is 11.6 Å². The van der Waals surface area contributed by atoms with Crippen LogP contribution < -0.4 is 4.72 Å². The number of rotatable bonds is 3. The minimum atomic E-state index is -3.46. The highest BCUT2D eigenvalue weighted by molar-refractivity contribution is 7.92. The number of amides is 1. The molecule has 1 atom stereocenters. The first-order valence-corrected chi connectivity index (χ1v) is 9.60. The number of benzene rings is 1. The number of hydrogen-bond acceptors (Lipinski definition) is 3. The molecule has 1 fully saturated rings. The number of hydrogen-bond donors (Lipinski definition) is 1. The summed E-state index contributed by atoms with van der Waals surface area (Å²) >= 11 is 5.98. The zero-order chi connectivity index (χ0) is 16.3. The van der Waals surface area contributed by atoms with Gasteiger partial charge >= 0.3 is 0 Å². The molecule has 0 aliphatic carbocycles. The smallest absolute Gasteiger partial charge is 0.256 e. The molecule has 0 radical (unpaired) electrons. The average molecular weight is 345 g/mol. The molecule has 5 nitrogen and oxygen atoms in total. The molecular formula is C15H21ClN2O3S. The number of likely N-dealkylation sites (tertiary alicyclic amines) is 1. The van der Waals surface area contributed by atoms with Crippen LogP contribution in [0.3, 0.4) is 0 Å². The Morgan fingerprint density at radius 2 is 2.05 bits per heavy atom. The fourth-order valence-electron chi connectivity index (χ4n) is 2.62. The van der Waals surface area contributed by atoms with Crippen molar-refractivity contribution in [3.63, 3.8) is 0 Å². The summed E-state index contributed by atoms with van der Waals surface area (Å²) in [4.78, 5) is 14.5. The van der Waals surface area contributed by atoms with Gasteiger partial charge in [0, 0.05) is 18.1 Å². The number of carbonyl (C=O) groups excluding carboxylic acids is 1. The number of nitrogens with zero attached hydrogens (tertiary/aromatic N) is 1. The predicted molar refractivity (Wildman–Crippen MR) is 88.8 cm³/mol. The Morgan fingerprint density at radius 1 is 1.32 bits per heavy atom. The number of sulfonamides is 1. The molecular weight excluding hydrogens is 324 g/mol. The summed E-state index contributed by atoms with van der Waals surface area (Å²) in [5.41, 5.74) is 0.571. The van der Waals surface area contributed by atoms with E-state index < -0.39 is 10.0 Å². The first-order chi connectivity index (χ1) is 10.3. The van der Waals surface area contributed by atoms with Crippen LogP contribution in [0, 0.1) is 5.92 Å². The van der Waals surface area contributed by atoms with Gasteiger partial charge in [-0.15, -0.1) is 0 Å².